The lowest BCUT2D eigenvalue weighted by Crippen LogP contribution is -2.41. The first-order valence-electron chi connectivity index (χ1n) is 10.1. The first-order valence-corrected chi connectivity index (χ1v) is 10.1. The Morgan fingerprint density at radius 1 is 1.10 bits per heavy atom. The van der Waals surface area contributed by atoms with Gasteiger partial charge >= 0.3 is 6.03 Å². The minimum Gasteiger partial charge on any atom is -0.493 e. The lowest BCUT2D eigenvalue weighted by molar-refractivity contribution is 0.193. The maximum atomic E-state index is 12.6. The number of urea groups is 1. The van der Waals surface area contributed by atoms with Gasteiger partial charge in [0.2, 0.25) is 0 Å². The molecule has 3 N–H and O–H groups in total. The van der Waals surface area contributed by atoms with E-state index in [9.17, 15) is 4.79 Å². The fourth-order valence-electron chi connectivity index (χ4n) is 2.82. The largest absolute Gasteiger partial charge is 0.493 e. The lowest BCUT2D eigenvalue weighted by atomic mass is 10.1. The van der Waals surface area contributed by atoms with Crippen LogP contribution in [0.3, 0.4) is 0 Å². The minimum atomic E-state index is -0.0736. The standard InChI is InChI=1S/C23H33N3O3.ClH/c1-18(2)15-25-23(27)26(13-7-12-24)16-20-10-11-21(22(14-20)28-3)29-17-19-8-5-4-6-9-19;/h4-6,8-11,14,18H,7,12-13,15-17,24H2,1-3H3,(H,25,27);1H. The van der Waals surface area contributed by atoms with Gasteiger partial charge in [-0.3, -0.25) is 0 Å². The molecule has 0 aliphatic heterocycles. The molecular formula is C23H34ClN3O3. The van der Waals surface area contributed by atoms with Crippen molar-refractivity contribution in [3.05, 3.63) is 59.7 Å². The van der Waals surface area contributed by atoms with Crippen LogP contribution in [0.4, 0.5) is 4.79 Å². The molecule has 2 aromatic carbocycles. The van der Waals surface area contributed by atoms with E-state index in [0.717, 1.165) is 17.5 Å². The molecular weight excluding hydrogens is 402 g/mol. The average Bonchev–Trinajstić information content (AvgIpc) is 2.74. The molecule has 0 fully saturated rings. The molecule has 0 radical (unpaired) electrons. The summed E-state index contributed by atoms with van der Waals surface area (Å²) in [6.07, 6.45) is 0.754. The molecule has 30 heavy (non-hydrogen) atoms. The zero-order valence-electron chi connectivity index (χ0n) is 18.1. The number of hydrogen-bond donors (Lipinski definition) is 2. The zero-order valence-corrected chi connectivity index (χ0v) is 18.9. The molecule has 2 rings (SSSR count). The van der Waals surface area contributed by atoms with Crippen LogP contribution in [0.5, 0.6) is 11.5 Å². The number of benzene rings is 2. The van der Waals surface area contributed by atoms with Crippen LogP contribution >= 0.6 is 12.4 Å². The Morgan fingerprint density at radius 2 is 1.83 bits per heavy atom. The predicted molar refractivity (Wildman–Crippen MR) is 123 cm³/mol. The summed E-state index contributed by atoms with van der Waals surface area (Å²) < 4.78 is 11.4. The third-order valence-electron chi connectivity index (χ3n) is 4.42. The summed E-state index contributed by atoms with van der Waals surface area (Å²) in [7, 11) is 1.62. The van der Waals surface area contributed by atoms with Gasteiger partial charge in [-0.05, 0) is 42.1 Å². The summed E-state index contributed by atoms with van der Waals surface area (Å²) >= 11 is 0. The number of nitrogens with zero attached hydrogens (tertiary/aromatic N) is 1. The van der Waals surface area contributed by atoms with Crippen LogP contribution in [0.25, 0.3) is 0 Å². The van der Waals surface area contributed by atoms with Gasteiger partial charge in [-0.25, -0.2) is 4.79 Å². The average molecular weight is 436 g/mol. The van der Waals surface area contributed by atoms with Crippen LogP contribution in [-0.2, 0) is 13.2 Å². The topological polar surface area (TPSA) is 76.8 Å². The molecule has 0 saturated heterocycles. The van der Waals surface area contributed by atoms with Gasteiger partial charge in [0.15, 0.2) is 11.5 Å². The fourth-order valence-corrected chi connectivity index (χ4v) is 2.82. The van der Waals surface area contributed by atoms with E-state index in [0.29, 0.717) is 50.2 Å². The van der Waals surface area contributed by atoms with Crippen molar-refractivity contribution in [3.63, 3.8) is 0 Å². The Bertz CT molecular complexity index is 757. The molecule has 0 aromatic heterocycles. The summed E-state index contributed by atoms with van der Waals surface area (Å²) in [4.78, 5) is 14.3. The van der Waals surface area contributed by atoms with Gasteiger partial charge < -0.3 is 25.4 Å². The highest BCUT2D eigenvalue weighted by Crippen LogP contribution is 2.29. The summed E-state index contributed by atoms with van der Waals surface area (Å²) in [5.74, 6) is 1.73. The van der Waals surface area contributed by atoms with Crippen molar-refractivity contribution in [2.24, 2.45) is 11.7 Å². The van der Waals surface area contributed by atoms with E-state index >= 15 is 0 Å². The van der Waals surface area contributed by atoms with Crippen molar-refractivity contribution in [1.82, 2.24) is 10.2 Å². The van der Waals surface area contributed by atoms with E-state index in [4.69, 9.17) is 15.2 Å². The van der Waals surface area contributed by atoms with Crippen LogP contribution in [0.2, 0.25) is 0 Å². The second-order valence-electron chi connectivity index (χ2n) is 7.40. The van der Waals surface area contributed by atoms with Crippen molar-refractivity contribution in [1.29, 1.82) is 0 Å². The van der Waals surface area contributed by atoms with Crippen LogP contribution in [0, 0.1) is 5.92 Å². The Balaban J connectivity index is 0.00000450. The maximum Gasteiger partial charge on any atom is 0.317 e. The lowest BCUT2D eigenvalue weighted by Gasteiger charge is -2.24. The van der Waals surface area contributed by atoms with Crippen LogP contribution in [-0.4, -0.2) is 37.7 Å². The van der Waals surface area contributed by atoms with Crippen molar-refractivity contribution in [2.75, 3.05) is 26.7 Å². The fraction of sp³-hybridized carbons (Fsp3) is 0.435. The molecule has 0 heterocycles. The number of rotatable bonds is 11. The van der Waals surface area contributed by atoms with Crippen molar-refractivity contribution in [2.45, 2.75) is 33.4 Å². The number of nitrogens with one attached hydrogen (secondary N) is 1. The number of methoxy groups -OCH3 is 1. The maximum absolute atomic E-state index is 12.6. The zero-order chi connectivity index (χ0) is 21.1. The molecule has 0 unspecified atom stereocenters. The van der Waals surface area contributed by atoms with E-state index in [1.54, 1.807) is 12.0 Å². The number of halogens is 1. The minimum absolute atomic E-state index is 0. The molecule has 0 saturated carbocycles. The molecule has 166 valence electrons. The second-order valence-corrected chi connectivity index (χ2v) is 7.40. The van der Waals surface area contributed by atoms with Gasteiger partial charge in [-0.2, -0.15) is 0 Å². The van der Waals surface area contributed by atoms with Crippen molar-refractivity contribution >= 4 is 18.4 Å². The highest BCUT2D eigenvalue weighted by Gasteiger charge is 2.15. The number of ether oxygens (including phenoxy) is 2. The second kappa shape index (κ2) is 13.7. The predicted octanol–water partition coefficient (Wildman–Crippen LogP) is 4.21. The van der Waals surface area contributed by atoms with Crippen LogP contribution in [0.1, 0.15) is 31.4 Å². The number of carbonyl (C=O) groups is 1. The van der Waals surface area contributed by atoms with E-state index < -0.39 is 0 Å². The first kappa shape index (κ1) is 25.6. The Labute approximate surface area is 186 Å². The molecule has 2 aromatic rings. The molecule has 0 aliphatic rings. The first-order chi connectivity index (χ1) is 14.0. The molecule has 0 bridgehead atoms. The number of amides is 2. The summed E-state index contributed by atoms with van der Waals surface area (Å²) in [5, 5.41) is 2.98. The van der Waals surface area contributed by atoms with Gasteiger partial charge in [0.25, 0.3) is 0 Å². The third-order valence-corrected chi connectivity index (χ3v) is 4.42. The third kappa shape index (κ3) is 8.51. The van der Waals surface area contributed by atoms with E-state index in [1.165, 1.54) is 0 Å². The molecule has 6 nitrogen and oxygen atoms in total. The van der Waals surface area contributed by atoms with E-state index in [-0.39, 0.29) is 18.4 Å². The highest BCUT2D eigenvalue weighted by molar-refractivity contribution is 5.85. The molecule has 0 spiro atoms. The molecule has 7 heteroatoms. The van der Waals surface area contributed by atoms with E-state index in [1.807, 2.05) is 48.5 Å². The van der Waals surface area contributed by atoms with E-state index in [2.05, 4.69) is 19.2 Å². The Kier molecular flexibility index (Phi) is 11.7. The van der Waals surface area contributed by atoms with Gasteiger partial charge in [-0.1, -0.05) is 50.2 Å². The number of hydrogen-bond acceptors (Lipinski definition) is 4. The monoisotopic (exact) mass is 435 g/mol. The highest BCUT2D eigenvalue weighted by atomic mass is 35.5. The number of carbonyl (C=O) groups excluding carboxylic acids is 1. The van der Waals surface area contributed by atoms with Crippen molar-refractivity contribution in [3.8, 4) is 11.5 Å². The van der Waals surface area contributed by atoms with Crippen LogP contribution in [0.15, 0.2) is 48.5 Å². The van der Waals surface area contributed by atoms with Gasteiger partial charge in [0, 0.05) is 19.6 Å². The Hall–Kier alpha value is -2.44. The quantitative estimate of drug-likeness (QED) is 0.554. The molecule has 0 aliphatic carbocycles. The molecule has 2 amide bonds. The SMILES string of the molecule is COc1cc(CN(CCCN)C(=O)NCC(C)C)ccc1OCc1ccccc1.Cl. The number of nitrogens with two attached hydrogens (primary N) is 1. The van der Waals surface area contributed by atoms with Gasteiger partial charge in [-0.15, -0.1) is 12.4 Å². The summed E-state index contributed by atoms with van der Waals surface area (Å²) in [5.41, 5.74) is 7.71. The normalized spacial score (nSPS) is 10.3. The summed E-state index contributed by atoms with van der Waals surface area (Å²) in [6, 6.07) is 15.7. The van der Waals surface area contributed by atoms with Gasteiger partial charge in [0.05, 0.1) is 7.11 Å². The van der Waals surface area contributed by atoms with Gasteiger partial charge in [0.1, 0.15) is 6.61 Å². The Morgan fingerprint density at radius 3 is 2.47 bits per heavy atom. The summed E-state index contributed by atoms with van der Waals surface area (Å²) in [6.45, 7) is 6.90. The van der Waals surface area contributed by atoms with Crippen LogP contribution < -0.4 is 20.5 Å². The van der Waals surface area contributed by atoms with Crippen molar-refractivity contribution < 1.29 is 14.3 Å². The molecule has 0 atom stereocenters. The smallest absolute Gasteiger partial charge is 0.317 e.